The number of carbonyl (C=O) groups is 1. The Kier molecular flexibility index (Phi) is 7.68. The standard InChI is InChI=1S/C29H36F3N3O/c30-29(31,32)26-8-6-23(7-9-26)28(36)33-18-27-17-24-12-15-35(27)20-25(24)19-34-13-10-22(11-14-34)16-21-4-2-1-3-5-21/h1-9,22,24-25,27H,10-20H2,(H,33,36)/t24-,25+,27+/m0/s1. The number of benzene rings is 2. The van der Waals surface area contributed by atoms with Crippen molar-refractivity contribution in [3.8, 4) is 0 Å². The van der Waals surface area contributed by atoms with E-state index in [-0.39, 0.29) is 11.5 Å². The molecule has 4 atom stereocenters. The smallest absolute Gasteiger partial charge is 0.350 e. The topological polar surface area (TPSA) is 35.6 Å². The maximum Gasteiger partial charge on any atom is 0.416 e. The van der Waals surface area contributed by atoms with Crippen LogP contribution in [0, 0.1) is 17.8 Å². The average Bonchev–Trinajstić information content (AvgIpc) is 2.89. The minimum absolute atomic E-state index is 0.271. The molecule has 0 radical (unpaired) electrons. The molecule has 0 aromatic heterocycles. The van der Waals surface area contributed by atoms with E-state index in [4.69, 9.17) is 0 Å². The lowest BCUT2D eigenvalue weighted by Crippen LogP contribution is -2.58. The fourth-order valence-corrected chi connectivity index (χ4v) is 6.44. The Labute approximate surface area is 211 Å². The lowest BCUT2D eigenvalue weighted by Gasteiger charge is -2.51. The zero-order valence-corrected chi connectivity index (χ0v) is 20.7. The summed E-state index contributed by atoms with van der Waals surface area (Å²) < 4.78 is 38.3. The van der Waals surface area contributed by atoms with Crippen LogP contribution in [0.5, 0.6) is 0 Å². The van der Waals surface area contributed by atoms with Gasteiger partial charge in [0.25, 0.3) is 5.91 Å². The van der Waals surface area contributed by atoms with Gasteiger partial charge in [0.2, 0.25) is 0 Å². The fourth-order valence-electron chi connectivity index (χ4n) is 6.44. The van der Waals surface area contributed by atoms with Gasteiger partial charge in [0.1, 0.15) is 0 Å². The van der Waals surface area contributed by atoms with Gasteiger partial charge in [-0.15, -0.1) is 0 Å². The van der Waals surface area contributed by atoms with Crippen LogP contribution >= 0.6 is 0 Å². The summed E-state index contributed by atoms with van der Waals surface area (Å²) in [6.07, 6.45) is 1.65. The van der Waals surface area contributed by atoms with E-state index < -0.39 is 11.7 Å². The van der Waals surface area contributed by atoms with E-state index in [0.29, 0.717) is 24.4 Å². The first-order chi connectivity index (χ1) is 17.3. The molecular weight excluding hydrogens is 463 g/mol. The fraction of sp³-hybridized carbons (Fsp3) is 0.552. The van der Waals surface area contributed by atoms with Crippen LogP contribution < -0.4 is 5.32 Å². The van der Waals surface area contributed by atoms with Gasteiger partial charge >= 0.3 is 6.18 Å². The number of fused-ring (bicyclic) bond motifs is 3. The van der Waals surface area contributed by atoms with Gasteiger partial charge in [-0.2, -0.15) is 13.2 Å². The van der Waals surface area contributed by atoms with Crippen molar-refractivity contribution in [3.63, 3.8) is 0 Å². The summed E-state index contributed by atoms with van der Waals surface area (Å²) in [5.74, 6) is 1.85. The van der Waals surface area contributed by atoms with Crippen molar-refractivity contribution in [2.24, 2.45) is 17.8 Å². The average molecular weight is 500 g/mol. The number of hydrogen-bond donors (Lipinski definition) is 1. The summed E-state index contributed by atoms with van der Waals surface area (Å²) >= 11 is 0. The lowest BCUT2D eigenvalue weighted by molar-refractivity contribution is -0.137. The maximum absolute atomic E-state index is 12.8. The van der Waals surface area contributed by atoms with Crippen LogP contribution in [0.25, 0.3) is 0 Å². The SMILES string of the molecule is O=C(NC[C@H]1C[C@@H]2CCN1C[C@H]2CN1CCC(Cc2ccccc2)CC1)c1ccc(C(F)(F)F)cc1. The zero-order valence-electron chi connectivity index (χ0n) is 20.7. The van der Waals surface area contributed by atoms with Crippen molar-refractivity contribution in [1.29, 1.82) is 0 Å². The number of nitrogens with zero attached hydrogens (tertiary/aromatic N) is 2. The quantitative estimate of drug-likeness (QED) is 0.576. The molecule has 0 aliphatic carbocycles. The third-order valence-corrected chi connectivity index (χ3v) is 8.55. The number of amides is 1. The van der Waals surface area contributed by atoms with E-state index in [2.05, 4.69) is 45.4 Å². The van der Waals surface area contributed by atoms with Gasteiger partial charge in [-0.3, -0.25) is 9.69 Å². The first-order valence-electron chi connectivity index (χ1n) is 13.3. The maximum atomic E-state index is 12.8. The number of carbonyl (C=O) groups excluding carboxylic acids is 1. The minimum Gasteiger partial charge on any atom is -0.350 e. The Balaban J connectivity index is 1.06. The van der Waals surface area contributed by atoms with Crippen molar-refractivity contribution in [2.45, 2.75) is 44.3 Å². The highest BCUT2D eigenvalue weighted by Gasteiger charge is 2.40. The van der Waals surface area contributed by atoms with Gasteiger partial charge in [0, 0.05) is 31.2 Å². The molecule has 4 heterocycles. The van der Waals surface area contributed by atoms with Crippen LogP contribution in [0.3, 0.4) is 0 Å². The molecule has 1 unspecified atom stereocenters. The molecule has 4 aliphatic heterocycles. The molecule has 6 rings (SSSR count). The van der Waals surface area contributed by atoms with Crippen LogP contribution in [0.15, 0.2) is 54.6 Å². The summed E-state index contributed by atoms with van der Waals surface area (Å²) in [6.45, 7) is 6.25. The van der Waals surface area contributed by atoms with Crippen molar-refractivity contribution in [1.82, 2.24) is 15.1 Å². The second-order valence-electron chi connectivity index (χ2n) is 10.9. The molecule has 4 nitrogen and oxygen atoms in total. The van der Waals surface area contributed by atoms with Gasteiger partial charge in [-0.05, 0) is 99.3 Å². The molecule has 2 aromatic rings. The molecule has 1 N–H and O–H groups in total. The third-order valence-electron chi connectivity index (χ3n) is 8.55. The first-order valence-corrected chi connectivity index (χ1v) is 13.3. The number of piperidine rings is 4. The number of rotatable bonds is 7. The summed E-state index contributed by atoms with van der Waals surface area (Å²) in [5, 5.41) is 2.96. The number of hydrogen-bond acceptors (Lipinski definition) is 3. The van der Waals surface area contributed by atoms with Crippen LogP contribution in [0.1, 0.15) is 47.2 Å². The zero-order chi connectivity index (χ0) is 25.1. The molecule has 4 aliphatic rings. The van der Waals surface area contributed by atoms with E-state index in [1.165, 1.54) is 63.0 Å². The highest BCUT2D eigenvalue weighted by molar-refractivity contribution is 5.94. The van der Waals surface area contributed by atoms with Crippen molar-refractivity contribution >= 4 is 5.91 Å². The Morgan fingerprint density at radius 2 is 1.67 bits per heavy atom. The Morgan fingerprint density at radius 3 is 2.31 bits per heavy atom. The monoisotopic (exact) mass is 499 g/mol. The van der Waals surface area contributed by atoms with Crippen molar-refractivity contribution in [2.75, 3.05) is 39.3 Å². The summed E-state index contributed by atoms with van der Waals surface area (Å²) in [6, 6.07) is 15.6. The molecule has 1 amide bonds. The number of halogens is 3. The van der Waals surface area contributed by atoms with Crippen LogP contribution in [0.4, 0.5) is 13.2 Å². The molecule has 4 saturated heterocycles. The van der Waals surface area contributed by atoms with Gasteiger partial charge in [-0.1, -0.05) is 30.3 Å². The molecule has 194 valence electrons. The van der Waals surface area contributed by atoms with Crippen LogP contribution in [-0.4, -0.2) is 61.0 Å². The number of likely N-dealkylation sites (tertiary alicyclic amines) is 1. The highest BCUT2D eigenvalue weighted by Crippen LogP contribution is 2.37. The molecule has 2 aromatic carbocycles. The molecule has 0 saturated carbocycles. The van der Waals surface area contributed by atoms with Crippen molar-refractivity contribution < 1.29 is 18.0 Å². The first kappa shape index (κ1) is 25.3. The van der Waals surface area contributed by atoms with E-state index in [0.717, 1.165) is 37.6 Å². The lowest BCUT2D eigenvalue weighted by atomic mass is 9.75. The van der Waals surface area contributed by atoms with E-state index in [1.54, 1.807) is 0 Å². The predicted molar refractivity (Wildman–Crippen MR) is 135 cm³/mol. The Morgan fingerprint density at radius 1 is 0.944 bits per heavy atom. The summed E-state index contributed by atoms with van der Waals surface area (Å²) in [7, 11) is 0. The van der Waals surface area contributed by atoms with E-state index >= 15 is 0 Å². The van der Waals surface area contributed by atoms with Gasteiger partial charge in [0.15, 0.2) is 0 Å². The molecule has 0 spiro atoms. The van der Waals surface area contributed by atoms with E-state index in [1.807, 2.05) is 0 Å². The number of nitrogens with one attached hydrogen (secondary N) is 1. The summed E-state index contributed by atoms with van der Waals surface area (Å²) in [4.78, 5) is 17.7. The Hall–Kier alpha value is -2.38. The molecular formula is C29H36F3N3O. The van der Waals surface area contributed by atoms with Gasteiger partial charge < -0.3 is 10.2 Å². The minimum atomic E-state index is -4.39. The predicted octanol–water partition coefficient (Wildman–Crippen LogP) is 5.10. The molecule has 2 bridgehead atoms. The second kappa shape index (κ2) is 10.9. The van der Waals surface area contributed by atoms with Gasteiger partial charge in [-0.25, -0.2) is 0 Å². The summed E-state index contributed by atoms with van der Waals surface area (Å²) in [5.41, 5.74) is 0.985. The third kappa shape index (κ3) is 6.12. The van der Waals surface area contributed by atoms with Gasteiger partial charge in [0.05, 0.1) is 5.56 Å². The molecule has 36 heavy (non-hydrogen) atoms. The Bertz CT molecular complexity index is 1000. The highest BCUT2D eigenvalue weighted by atomic mass is 19.4. The molecule has 4 fully saturated rings. The van der Waals surface area contributed by atoms with E-state index in [9.17, 15) is 18.0 Å². The second-order valence-corrected chi connectivity index (χ2v) is 10.9. The van der Waals surface area contributed by atoms with Crippen LogP contribution in [0.2, 0.25) is 0 Å². The van der Waals surface area contributed by atoms with Crippen LogP contribution in [-0.2, 0) is 12.6 Å². The van der Waals surface area contributed by atoms with Crippen molar-refractivity contribution in [3.05, 3.63) is 71.3 Å². The normalized spacial score (nSPS) is 27.2. The largest absolute Gasteiger partial charge is 0.416 e. The molecule has 7 heteroatoms. The number of alkyl halides is 3.